The SMILES string of the molecule is CC(C)C(=O)CCCC(=O)OC1CCC(C)C(C)CC1. The van der Waals surface area contributed by atoms with Crippen molar-refractivity contribution in [3.8, 4) is 0 Å². The van der Waals surface area contributed by atoms with Crippen LogP contribution in [0.5, 0.6) is 0 Å². The summed E-state index contributed by atoms with van der Waals surface area (Å²) in [6.07, 6.45) is 5.84. The highest BCUT2D eigenvalue weighted by atomic mass is 16.5. The molecular weight excluding hydrogens is 252 g/mol. The minimum atomic E-state index is -0.131. The number of ether oxygens (including phenoxy) is 1. The molecule has 0 aromatic heterocycles. The molecule has 0 heterocycles. The van der Waals surface area contributed by atoms with Gasteiger partial charge in [-0.15, -0.1) is 0 Å². The highest BCUT2D eigenvalue weighted by molar-refractivity contribution is 5.80. The number of carbonyl (C=O) groups is 2. The van der Waals surface area contributed by atoms with Crippen LogP contribution >= 0.6 is 0 Å². The number of esters is 1. The molecule has 0 amide bonds. The fourth-order valence-corrected chi connectivity index (χ4v) is 2.67. The van der Waals surface area contributed by atoms with Crippen molar-refractivity contribution in [3.05, 3.63) is 0 Å². The summed E-state index contributed by atoms with van der Waals surface area (Å²) in [4.78, 5) is 23.3. The van der Waals surface area contributed by atoms with E-state index in [2.05, 4.69) is 13.8 Å². The van der Waals surface area contributed by atoms with E-state index >= 15 is 0 Å². The second-order valence-electron chi connectivity index (χ2n) is 6.70. The maximum absolute atomic E-state index is 11.8. The molecule has 1 rings (SSSR count). The van der Waals surface area contributed by atoms with Gasteiger partial charge in [-0.3, -0.25) is 9.59 Å². The van der Waals surface area contributed by atoms with Gasteiger partial charge in [0.05, 0.1) is 0 Å². The van der Waals surface area contributed by atoms with Crippen molar-refractivity contribution in [2.45, 2.75) is 78.7 Å². The second-order valence-corrected chi connectivity index (χ2v) is 6.70. The van der Waals surface area contributed by atoms with Crippen LogP contribution in [-0.2, 0) is 14.3 Å². The summed E-state index contributed by atoms with van der Waals surface area (Å²) in [5.41, 5.74) is 0. The third kappa shape index (κ3) is 6.06. The Hall–Kier alpha value is -0.860. The smallest absolute Gasteiger partial charge is 0.306 e. The average Bonchev–Trinajstić information content (AvgIpc) is 2.54. The fraction of sp³-hybridized carbons (Fsp3) is 0.882. The Morgan fingerprint density at radius 3 is 2.05 bits per heavy atom. The Balaban J connectivity index is 2.23. The molecule has 3 heteroatoms. The molecule has 0 spiro atoms. The van der Waals surface area contributed by atoms with Gasteiger partial charge >= 0.3 is 5.97 Å². The minimum absolute atomic E-state index is 0.0656. The fourth-order valence-electron chi connectivity index (χ4n) is 2.67. The molecule has 1 saturated carbocycles. The van der Waals surface area contributed by atoms with E-state index in [-0.39, 0.29) is 23.8 Å². The van der Waals surface area contributed by atoms with Crippen LogP contribution in [0.15, 0.2) is 0 Å². The zero-order valence-corrected chi connectivity index (χ0v) is 13.5. The van der Waals surface area contributed by atoms with Crippen LogP contribution in [0.4, 0.5) is 0 Å². The van der Waals surface area contributed by atoms with Crippen molar-refractivity contribution in [2.24, 2.45) is 17.8 Å². The molecule has 2 atom stereocenters. The normalized spacial score (nSPS) is 27.1. The van der Waals surface area contributed by atoms with Crippen molar-refractivity contribution in [1.29, 1.82) is 0 Å². The predicted octanol–water partition coefficient (Wildman–Crippen LogP) is 4.14. The van der Waals surface area contributed by atoms with Crippen molar-refractivity contribution in [2.75, 3.05) is 0 Å². The lowest BCUT2D eigenvalue weighted by Crippen LogP contribution is -2.18. The van der Waals surface area contributed by atoms with Crippen LogP contribution in [0.3, 0.4) is 0 Å². The lowest BCUT2D eigenvalue weighted by atomic mass is 9.92. The van der Waals surface area contributed by atoms with E-state index in [1.165, 1.54) is 0 Å². The second kappa shape index (κ2) is 8.43. The molecule has 1 aliphatic carbocycles. The molecule has 0 saturated heterocycles. The third-order valence-electron chi connectivity index (χ3n) is 4.61. The van der Waals surface area contributed by atoms with E-state index in [1.807, 2.05) is 13.8 Å². The molecule has 0 bridgehead atoms. The molecule has 3 nitrogen and oxygen atoms in total. The summed E-state index contributed by atoms with van der Waals surface area (Å²) in [5.74, 6) is 1.62. The van der Waals surface area contributed by atoms with Gasteiger partial charge in [-0.1, -0.05) is 27.7 Å². The van der Waals surface area contributed by atoms with E-state index in [4.69, 9.17) is 4.74 Å². The summed E-state index contributed by atoms with van der Waals surface area (Å²) in [7, 11) is 0. The van der Waals surface area contributed by atoms with Gasteiger partial charge in [0.2, 0.25) is 0 Å². The van der Waals surface area contributed by atoms with Crippen LogP contribution < -0.4 is 0 Å². The van der Waals surface area contributed by atoms with Crippen molar-refractivity contribution in [3.63, 3.8) is 0 Å². The Kier molecular flexibility index (Phi) is 7.25. The molecule has 1 aliphatic rings. The molecule has 1 fully saturated rings. The number of ketones is 1. The van der Waals surface area contributed by atoms with Crippen molar-refractivity contribution in [1.82, 2.24) is 0 Å². The first-order chi connectivity index (χ1) is 9.40. The van der Waals surface area contributed by atoms with Crippen molar-refractivity contribution < 1.29 is 14.3 Å². The molecule has 0 radical (unpaired) electrons. The zero-order chi connectivity index (χ0) is 15.1. The number of carbonyl (C=O) groups excluding carboxylic acids is 2. The lowest BCUT2D eigenvalue weighted by molar-refractivity contribution is -0.149. The number of hydrogen-bond donors (Lipinski definition) is 0. The van der Waals surface area contributed by atoms with E-state index in [0.29, 0.717) is 19.3 Å². The average molecular weight is 282 g/mol. The molecule has 20 heavy (non-hydrogen) atoms. The van der Waals surface area contributed by atoms with Gasteiger partial charge in [0.15, 0.2) is 0 Å². The maximum Gasteiger partial charge on any atom is 0.306 e. The highest BCUT2D eigenvalue weighted by Crippen LogP contribution is 2.29. The first-order valence-electron chi connectivity index (χ1n) is 8.12. The van der Waals surface area contributed by atoms with Gasteiger partial charge in [0, 0.05) is 18.8 Å². The highest BCUT2D eigenvalue weighted by Gasteiger charge is 2.23. The van der Waals surface area contributed by atoms with Gasteiger partial charge in [-0.25, -0.2) is 0 Å². The Labute approximate surface area is 123 Å². The van der Waals surface area contributed by atoms with Crippen LogP contribution in [-0.4, -0.2) is 17.9 Å². The van der Waals surface area contributed by atoms with Crippen LogP contribution in [0, 0.1) is 17.8 Å². The molecule has 0 aromatic carbocycles. The van der Waals surface area contributed by atoms with E-state index < -0.39 is 0 Å². The van der Waals surface area contributed by atoms with Gasteiger partial charge in [-0.05, 0) is 43.9 Å². The molecule has 0 aromatic rings. The number of rotatable bonds is 6. The number of Topliss-reactive ketones (excluding diaryl/α,β-unsaturated/α-hetero) is 1. The molecular formula is C17H30O3. The topological polar surface area (TPSA) is 43.4 Å². The maximum atomic E-state index is 11.8. The quantitative estimate of drug-likeness (QED) is 0.543. The number of hydrogen-bond acceptors (Lipinski definition) is 3. The monoisotopic (exact) mass is 282 g/mol. The molecule has 2 unspecified atom stereocenters. The third-order valence-corrected chi connectivity index (χ3v) is 4.61. The van der Waals surface area contributed by atoms with E-state index in [9.17, 15) is 9.59 Å². The summed E-state index contributed by atoms with van der Waals surface area (Å²) >= 11 is 0. The minimum Gasteiger partial charge on any atom is -0.462 e. The summed E-state index contributed by atoms with van der Waals surface area (Å²) in [5, 5.41) is 0. The largest absolute Gasteiger partial charge is 0.462 e. The molecule has 0 N–H and O–H groups in total. The van der Waals surface area contributed by atoms with Crippen molar-refractivity contribution >= 4 is 11.8 Å². The zero-order valence-electron chi connectivity index (χ0n) is 13.5. The standard InChI is InChI=1S/C17H30O3/c1-12(2)16(18)6-5-7-17(19)20-15-10-8-13(3)14(4)9-11-15/h12-15H,5-11H2,1-4H3. The van der Waals surface area contributed by atoms with Gasteiger partial charge < -0.3 is 4.74 Å². The summed E-state index contributed by atoms with van der Waals surface area (Å²) in [6.45, 7) is 8.36. The molecule has 116 valence electrons. The lowest BCUT2D eigenvalue weighted by Gasteiger charge is -2.15. The summed E-state index contributed by atoms with van der Waals surface area (Å²) in [6, 6.07) is 0. The summed E-state index contributed by atoms with van der Waals surface area (Å²) < 4.78 is 5.56. The van der Waals surface area contributed by atoms with E-state index in [0.717, 1.165) is 37.5 Å². The van der Waals surface area contributed by atoms with Gasteiger partial charge in [0.25, 0.3) is 0 Å². The van der Waals surface area contributed by atoms with Gasteiger partial charge in [-0.2, -0.15) is 0 Å². The van der Waals surface area contributed by atoms with Crippen LogP contribution in [0.25, 0.3) is 0 Å². The Morgan fingerprint density at radius 1 is 1.00 bits per heavy atom. The molecule has 0 aliphatic heterocycles. The Bertz CT molecular complexity index is 310. The Morgan fingerprint density at radius 2 is 1.55 bits per heavy atom. The predicted molar refractivity (Wildman–Crippen MR) is 80.4 cm³/mol. The first-order valence-corrected chi connectivity index (χ1v) is 8.12. The van der Waals surface area contributed by atoms with Crippen LogP contribution in [0.2, 0.25) is 0 Å². The first kappa shape index (κ1) is 17.2. The van der Waals surface area contributed by atoms with Gasteiger partial charge in [0.1, 0.15) is 11.9 Å². The van der Waals surface area contributed by atoms with E-state index in [1.54, 1.807) is 0 Å². The van der Waals surface area contributed by atoms with Crippen LogP contribution in [0.1, 0.15) is 72.6 Å².